The Balaban J connectivity index is 1.84. The molecular formula is C14H13N3O3. The van der Waals surface area contributed by atoms with Crippen LogP contribution in [-0.2, 0) is 6.42 Å². The molecule has 1 heterocycles. The Labute approximate surface area is 115 Å². The van der Waals surface area contributed by atoms with Crippen LogP contribution in [-0.4, -0.2) is 22.4 Å². The van der Waals surface area contributed by atoms with Gasteiger partial charge in [0.2, 0.25) is 0 Å². The molecule has 0 radical (unpaired) electrons. The summed E-state index contributed by atoms with van der Waals surface area (Å²) in [7, 11) is 0. The van der Waals surface area contributed by atoms with Crippen LogP contribution in [0.2, 0.25) is 0 Å². The predicted octanol–water partition coefficient (Wildman–Crippen LogP) is 1.96. The van der Waals surface area contributed by atoms with E-state index in [1.165, 1.54) is 12.1 Å². The van der Waals surface area contributed by atoms with E-state index in [0.29, 0.717) is 18.7 Å². The molecule has 2 rings (SSSR count). The summed E-state index contributed by atoms with van der Waals surface area (Å²) in [6, 6.07) is 11.4. The Kier molecular flexibility index (Phi) is 4.39. The number of hydrogen-bond donors (Lipinski definition) is 1. The van der Waals surface area contributed by atoms with E-state index in [1.54, 1.807) is 36.5 Å². The molecule has 1 aromatic heterocycles. The number of benzene rings is 1. The van der Waals surface area contributed by atoms with Crippen LogP contribution in [0, 0.1) is 10.1 Å². The molecule has 0 saturated heterocycles. The van der Waals surface area contributed by atoms with Crippen LogP contribution in [0.5, 0.6) is 0 Å². The number of non-ortho nitro benzene ring substituents is 1. The lowest BCUT2D eigenvalue weighted by molar-refractivity contribution is -0.384. The molecule has 0 bridgehead atoms. The second kappa shape index (κ2) is 6.42. The Hall–Kier alpha value is -2.76. The van der Waals surface area contributed by atoms with Crippen LogP contribution in [0.1, 0.15) is 16.1 Å². The highest BCUT2D eigenvalue weighted by Crippen LogP contribution is 2.11. The SMILES string of the molecule is O=C(NCCc1ccc([N+](=O)[O-])cc1)c1ccccn1. The summed E-state index contributed by atoms with van der Waals surface area (Å²) in [5.74, 6) is -0.229. The van der Waals surface area contributed by atoms with Crippen molar-refractivity contribution in [3.8, 4) is 0 Å². The van der Waals surface area contributed by atoms with Crippen molar-refractivity contribution in [3.63, 3.8) is 0 Å². The number of rotatable bonds is 5. The monoisotopic (exact) mass is 271 g/mol. The second-order valence-corrected chi connectivity index (χ2v) is 4.14. The fraction of sp³-hybridized carbons (Fsp3) is 0.143. The van der Waals surface area contributed by atoms with Crippen molar-refractivity contribution in [3.05, 3.63) is 70.0 Å². The van der Waals surface area contributed by atoms with Crippen LogP contribution in [0.4, 0.5) is 5.69 Å². The molecule has 102 valence electrons. The third-order valence-corrected chi connectivity index (χ3v) is 2.74. The smallest absolute Gasteiger partial charge is 0.269 e. The summed E-state index contributed by atoms with van der Waals surface area (Å²) in [6.45, 7) is 0.452. The number of nitrogens with zero attached hydrogens (tertiary/aromatic N) is 2. The molecule has 6 heteroatoms. The Morgan fingerprint density at radius 3 is 2.55 bits per heavy atom. The lowest BCUT2D eigenvalue weighted by atomic mass is 10.1. The highest BCUT2D eigenvalue weighted by molar-refractivity contribution is 5.92. The summed E-state index contributed by atoms with van der Waals surface area (Å²) in [4.78, 5) is 25.7. The zero-order valence-corrected chi connectivity index (χ0v) is 10.7. The van der Waals surface area contributed by atoms with Gasteiger partial charge < -0.3 is 5.32 Å². The van der Waals surface area contributed by atoms with Crippen molar-refractivity contribution in [1.82, 2.24) is 10.3 Å². The van der Waals surface area contributed by atoms with E-state index in [9.17, 15) is 14.9 Å². The molecule has 0 spiro atoms. The summed E-state index contributed by atoms with van der Waals surface area (Å²) < 4.78 is 0. The molecule has 1 aromatic carbocycles. The number of amides is 1. The van der Waals surface area contributed by atoms with Gasteiger partial charge in [-0.05, 0) is 24.1 Å². The summed E-state index contributed by atoms with van der Waals surface area (Å²) >= 11 is 0. The molecular weight excluding hydrogens is 258 g/mol. The Bertz CT molecular complexity index is 597. The van der Waals surface area contributed by atoms with Gasteiger partial charge in [0.15, 0.2) is 0 Å². The molecule has 0 saturated carbocycles. The minimum Gasteiger partial charge on any atom is -0.350 e. The van der Waals surface area contributed by atoms with E-state index in [2.05, 4.69) is 10.3 Å². The first-order chi connectivity index (χ1) is 9.66. The van der Waals surface area contributed by atoms with E-state index in [4.69, 9.17) is 0 Å². The van der Waals surface area contributed by atoms with Crippen molar-refractivity contribution in [2.45, 2.75) is 6.42 Å². The van der Waals surface area contributed by atoms with E-state index in [1.807, 2.05) is 0 Å². The number of nitrogens with one attached hydrogen (secondary N) is 1. The average Bonchev–Trinajstić information content (AvgIpc) is 2.48. The molecule has 2 aromatic rings. The first-order valence-electron chi connectivity index (χ1n) is 6.09. The molecule has 0 aliphatic heterocycles. The molecule has 6 nitrogen and oxygen atoms in total. The zero-order valence-electron chi connectivity index (χ0n) is 10.7. The number of hydrogen-bond acceptors (Lipinski definition) is 4. The van der Waals surface area contributed by atoms with Crippen molar-refractivity contribution < 1.29 is 9.72 Å². The molecule has 1 amide bonds. The van der Waals surface area contributed by atoms with Gasteiger partial charge in [-0.25, -0.2) is 0 Å². The number of carbonyl (C=O) groups is 1. The fourth-order valence-corrected chi connectivity index (χ4v) is 1.69. The minimum atomic E-state index is -0.438. The van der Waals surface area contributed by atoms with E-state index in [-0.39, 0.29) is 11.6 Å². The van der Waals surface area contributed by atoms with Gasteiger partial charge in [-0.1, -0.05) is 18.2 Å². The normalized spacial score (nSPS) is 10.0. The molecule has 0 atom stereocenters. The van der Waals surface area contributed by atoms with E-state index < -0.39 is 4.92 Å². The topological polar surface area (TPSA) is 85.1 Å². The summed E-state index contributed by atoms with van der Waals surface area (Å²) in [5.41, 5.74) is 1.36. The van der Waals surface area contributed by atoms with Crippen molar-refractivity contribution in [2.24, 2.45) is 0 Å². The third kappa shape index (κ3) is 3.61. The van der Waals surface area contributed by atoms with Gasteiger partial charge in [0, 0.05) is 24.9 Å². The maximum atomic E-state index is 11.7. The Morgan fingerprint density at radius 1 is 1.20 bits per heavy atom. The minimum absolute atomic E-state index is 0.0614. The van der Waals surface area contributed by atoms with Gasteiger partial charge in [0.05, 0.1) is 4.92 Å². The van der Waals surface area contributed by atoms with Crippen molar-refractivity contribution in [1.29, 1.82) is 0 Å². The predicted molar refractivity (Wildman–Crippen MR) is 73.4 cm³/mol. The van der Waals surface area contributed by atoms with Gasteiger partial charge >= 0.3 is 0 Å². The van der Waals surface area contributed by atoms with Crippen molar-refractivity contribution >= 4 is 11.6 Å². The average molecular weight is 271 g/mol. The maximum absolute atomic E-state index is 11.7. The molecule has 0 fully saturated rings. The van der Waals surface area contributed by atoms with Gasteiger partial charge in [-0.3, -0.25) is 19.9 Å². The lowest BCUT2D eigenvalue weighted by Gasteiger charge is -2.04. The molecule has 0 aliphatic rings. The number of nitro benzene ring substituents is 1. The van der Waals surface area contributed by atoms with Crippen LogP contribution in [0.25, 0.3) is 0 Å². The lowest BCUT2D eigenvalue weighted by Crippen LogP contribution is -2.26. The van der Waals surface area contributed by atoms with Crippen molar-refractivity contribution in [2.75, 3.05) is 6.54 Å². The van der Waals surface area contributed by atoms with Crippen LogP contribution >= 0.6 is 0 Å². The number of pyridine rings is 1. The van der Waals surface area contributed by atoms with E-state index in [0.717, 1.165) is 5.56 Å². The van der Waals surface area contributed by atoms with Crippen LogP contribution in [0.3, 0.4) is 0 Å². The second-order valence-electron chi connectivity index (χ2n) is 4.14. The third-order valence-electron chi connectivity index (χ3n) is 2.74. The molecule has 1 N–H and O–H groups in total. The van der Waals surface area contributed by atoms with Crippen LogP contribution in [0.15, 0.2) is 48.7 Å². The largest absolute Gasteiger partial charge is 0.350 e. The Morgan fingerprint density at radius 2 is 1.95 bits per heavy atom. The maximum Gasteiger partial charge on any atom is 0.269 e. The number of aromatic nitrogens is 1. The van der Waals surface area contributed by atoms with E-state index >= 15 is 0 Å². The molecule has 0 aliphatic carbocycles. The first-order valence-corrected chi connectivity index (χ1v) is 6.09. The van der Waals surface area contributed by atoms with Crippen LogP contribution < -0.4 is 5.32 Å². The van der Waals surface area contributed by atoms with Gasteiger partial charge in [0.25, 0.3) is 11.6 Å². The molecule has 20 heavy (non-hydrogen) atoms. The number of carbonyl (C=O) groups excluding carboxylic acids is 1. The summed E-state index contributed by atoms with van der Waals surface area (Å²) in [5, 5.41) is 13.3. The van der Waals surface area contributed by atoms with Gasteiger partial charge in [-0.15, -0.1) is 0 Å². The fourth-order valence-electron chi connectivity index (χ4n) is 1.69. The summed E-state index contributed by atoms with van der Waals surface area (Å²) in [6.07, 6.45) is 2.17. The zero-order chi connectivity index (χ0) is 14.4. The highest BCUT2D eigenvalue weighted by Gasteiger charge is 2.06. The number of nitro groups is 1. The first kappa shape index (κ1) is 13.7. The van der Waals surface area contributed by atoms with Gasteiger partial charge in [-0.2, -0.15) is 0 Å². The van der Waals surface area contributed by atoms with Gasteiger partial charge in [0.1, 0.15) is 5.69 Å². The standard InChI is InChI=1S/C14H13N3O3/c18-14(13-3-1-2-9-15-13)16-10-8-11-4-6-12(7-5-11)17(19)20/h1-7,9H,8,10H2,(H,16,18). The quantitative estimate of drug-likeness (QED) is 0.665. The highest BCUT2D eigenvalue weighted by atomic mass is 16.6. The molecule has 0 unspecified atom stereocenters.